The minimum atomic E-state index is -0.468. The van der Waals surface area contributed by atoms with E-state index < -0.39 is 6.10 Å². The minimum Gasteiger partial charge on any atom is -0.489 e. The molecule has 2 atom stereocenters. The summed E-state index contributed by atoms with van der Waals surface area (Å²) in [7, 11) is 2.13. The molecule has 1 fully saturated rings. The van der Waals surface area contributed by atoms with E-state index in [1.807, 2.05) is 25.1 Å². The second-order valence-corrected chi connectivity index (χ2v) is 6.55. The van der Waals surface area contributed by atoms with Crippen LogP contribution in [0.15, 0.2) is 18.2 Å². The minimum absolute atomic E-state index is 0.224. The van der Waals surface area contributed by atoms with Crippen LogP contribution in [0.5, 0.6) is 5.75 Å². The summed E-state index contributed by atoms with van der Waals surface area (Å²) in [6.07, 6.45) is 2.77. The number of halogens is 1. The molecule has 1 saturated heterocycles. The van der Waals surface area contributed by atoms with E-state index in [4.69, 9.17) is 16.3 Å². The molecule has 1 heterocycles. The van der Waals surface area contributed by atoms with Crippen molar-refractivity contribution in [2.45, 2.75) is 45.3 Å². The number of benzene rings is 1. The molecule has 1 aromatic rings. The van der Waals surface area contributed by atoms with E-state index in [-0.39, 0.29) is 12.0 Å². The molecule has 0 aliphatic carbocycles. The van der Waals surface area contributed by atoms with Crippen molar-refractivity contribution in [3.8, 4) is 5.75 Å². The van der Waals surface area contributed by atoms with Crippen molar-refractivity contribution < 1.29 is 9.84 Å². The second-order valence-electron chi connectivity index (χ2n) is 6.14. The highest BCUT2D eigenvalue weighted by Crippen LogP contribution is 2.32. The average molecular weight is 312 g/mol. The number of aliphatic hydroxyl groups is 1. The highest BCUT2D eigenvalue weighted by Gasteiger charge is 2.20. The summed E-state index contributed by atoms with van der Waals surface area (Å²) in [5.74, 6) is 0.952. The number of ether oxygens (including phenoxy) is 1. The van der Waals surface area contributed by atoms with Gasteiger partial charge in [-0.05, 0) is 43.5 Å². The quantitative estimate of drug-likeness (QED) is 0.895. The van der Waals surface area contributed by atoms with E-state index in [2.05, 4.69) is 18.9 Å². The molecule has 3 nitrogen and oxygen atoms in total. The number of hydrogen-bond acceptors (Lipinski definition) is 3. The molecule has 0 aromatic heterocycles. The van der Waals surface area contributed by atoms with Crippen LogP contribution in [-0.2, 0) is 0 Å². The summed E-state index contributed by atoms with van der Waals surface area (Å²) < 4.78 is 6.02. The van der Waals surface area contributed by atoms with Gasteiger partial charge < -0.3 is 14.7 Å². The highest BCUT2D eigenvalue weighted by molar-refractivity contribution is 6.32. The molecule has 1 N–H and O–H groups in total. The summed E-state index contributed by atoms with van der Waals surface area (Å²) in [4.78, 5) is 2.31. The summed E-state index contributed by atoms with van der Waals surface area (Å²) in [5, 5.41) is 10.8. The van der Waals surface area contributed by atoms with E-state index in [0.29, 0.717) is 5.02 Å². The molecule has 21 heavy (non-hydrogen) atoms. The largest absolute Gasteiger partial charge is 0.489 e. The summed E-state index contributed by atoms with van der Waals surface area (Å²) >= 11 is 6.32. The number of hydrogen-bond donors (Lipinski definition) is 1. The van der Waals surface area contributed by atoms with Crippen LogP contribution >= 0.6 is 11.6 Å². The van der Waals surface area contributed by atoms with Crippen LogP contribution in [0.4, 0.5) is 0 Å². The zero-order chi connectivity index (χ0) is 15.4. The summed E-state index contributed by atoms with van der Waals surface area (Å²) in [6.45, 7) is 6.24. The Morgan fingerprint density at radius 3 is 2.62 bits per heavy atom. The molecule has 0 radical (unpaired) electrons. The standard InChI is InChI=1S/C17H26ClNO2/c1-4-12(2)17(20)13-5-6-16(15(18)11-13)21-14-7-9-19(3)10-8-14/h5-6,11-12,14,17,20H,4,7-10H2,1-3H3/t12-,17+/m1/s1. The lowest BCUT2D eigenvalue weighted by Crippen LogP contribution is -2.35. The molecule has 1 aliphatic heterocycles. The second kappa shape index (κ2) is 7.48. The van der Waals surface area contributed by atoms with Gasteiger partial charge in [-0.2, -0.15) is 0 Å². The maximum atomic E-state index is 10.2. The fraction of sp³-hybridized carbons (Fsp3) is 0.647. The third kappa shape index (κ3) is 4.35. The van der Waals surface area contributed by atoms with E-state index in [0.717, 1.165) is 43.7 Å². The molecule has 0 amide bonds. The molecule has 2 rings (SSSR count). The first kappa shape index (κ1) is 16.6. The van der Waals surface area contributed by atoms with Crippen molar-refractivity contribution in [1.82, 2.24) is 4.90 Å². The van der Waals surface area contributed by atoms with Gasteiger partial charge in [0.05, 0.1) is 11.1 Å². The zero-order valence-electron chi connectivity index (χ0n) is 13.2. The van der Waals surface area contributed by atoms with Gasteiger partial charge in [0.2, 0.25) is 0 Å². The Morgan fingerprint density at radius 1 is 1.38 bits per heavy atom. The molecule has 1 aliphatic rings. The molecule has 1 aromatic carbocycles. The smallest absolute Gasteiger partial charge is 0.138 e. The summed E-state index contributed by atoms with van der Waals surface area (Å²) in [5.41, 5.74) is 0.866. The van der Waals surface area contributed by atoms with Gasteiger partial charge in [-0.15, -0.1) is 0 Å². The van der Waals surface area contributed by atoms with Crippen molar-refractivity contribution in [3.05, 3.63) is 28.8 Å². The third-order valence-electron chi connectivity index (χ3n) is 4.44. The number of aliphatic hydroxyl groups excluding tert-OH is 1. The Hall–Kier alpha value is -0.770. The Labute approximate surface area is 132 Å². The number of rotatable bonds is 5. The van der Waals surface area contributed by atoms with Gasteiger partial charge in [0.25, 0.3) is 0 Å². The Bertz CT molecular complexity index is 458. The maximum Gasteiger partial charge on any atom is 0.138 e. The Kier molecular flexibility index (Phi) is 5.91. The van der Waals surface area contributed by atoms with Gasteiger partial charge in [-0.3, -0.25) is 0 Å². The van der Waals surface area contributed by atoms with Gasteiger partial charge in [-0.25, -0.2) is 0 Å². The first-order chi connectivity index (χ1) is 10.0. The molecule has 118 valence electrons. The van der Waals surface area contributed by atoms with Crippen molar-refractivity contribution >= 4 is 11.6 Å². The molecule has 0 bridgehead atoms. The van der Waals surface area contributed by atoms with Crippen LogP contribution in [0.25, 0.3) is 0 Å². The van der Waals surface area contributed by atoms with Gasteiger partial charge >= 0.3 is 0 Å². The predicted molar refractivity (Wildman–Crippen MR) is 87.0 cm³/mol. The van der Waals surface area contributed by atoms with Gasteiger partial charge in [0.1, 0.15) is 11.9 Å². The first-order valence-electron chi connectivity index (χ1n) is 7.84. The van der Waals surface area contributed by atoms with E-state index in [9.17, 15) is 5.11 Å². The zero-order valence-corrected chi connectivity index (χ0v) is 13.9. The van der Waals surface area contributed by atoms with Crippen molar-refractivity contribution in [2.24, 2.45) is 5.92 Å². The monoisotopic (exact) mass is 311 g/mol. The molecular weight excluding hydrogens is 286 g/mol. The van der Waals surface area contributed by atoms with E-state index in [1.165, 1.54) is 0 Å². The fourth-order valence-electron chi connectivity index (χ4n) is 2.63. The van der Waals surface area contributed by atoms with Crippen LogP contribution in [-0.4, -0.2) is 36.2 Å². The van der Waals surface area contributed by atoms with Crippen LogP contribution in [0.2, 0.25) is 5.02 Å². The van der Waals surface area contributed by atoms with Crippen LogP contribution in [0.1, 0.15) is 44.8 Å². The normalized spacial score (nSPS) is 20.2. The first-order valence-corrected chi connectivity index (χ1v) is 8.21. The molecule has 0 saturated carbocycles. The van der Waals surface area contributed by atoms with Gasteiger partial charge in [0, 0.05) is 13.1 Å². The maximum absolute atomic E-state index is 10.2. The van der Waals surface area contributed by atoms with Gasteiger partial charge in [0.15, 0.2) is 0 Å². The van der Waals surface area contributed by atoms with Crippen molar-refractivity contribution in [2.75, 3.05) is 20.1 Å². The van der Waals surface area contributed by atoms with Gasteiger partial charge in [-0.1, -0.05) is 37.9 Å². The topological polar surface area (TPSA) is 32.7 Å². The Morgan fingerprint density at radius 2 is 2.05 bits per heavy atom. The van der Waals surface area contributed by atoms with Crippen LogP contribution < -0.4 is 4.74 Å². The number of piperidine rings is 1. The lowest BCUT2D eigenvalue weighted by atomic mass is 9.95. The van der Waals surface area contributed by atoms with Crippen LogP contribution in [0, 0.1) is 5.92 Å². The lowest BCUT2D eigenvalue weighted by molar-refractivity contribution is 0.112. The predicted octanol–water partition coefficient (Wildman–Crippen LogP) is 3.89. The SMILES string of the molecule is CC[C@@H](C)[C@H](O)c1ccc(OC2CCN(C)CC2)c(Cl)c1. The van der Waals surface area contributed by atoms with Crippen molar-refractivity contribution in [3.63, 3.8) is 0 Å². The average Bonchev–Trinajstić information content (AvgIpc) is 2.50. The molecule has 0 unspecified atom stereocenters. The fourth-order valence-corrected chi connectivity index (χ4v) is 2.86. The summed E-state index contributed by atoms with van der Waals surface area (Å²) in [6, 6.07) is 5.65. The van der Waals surface area contributed by atoms with Crippen molar-refractivity contribution in [1.29, 1.82) is 0 Å². The molecular formula is C17H26ClNO2. The van der Waals surface area contributed by atoms with Crippen LogP contribution in [0.3, 0.4) is 0 Å². The number of nitrogens with zero attached hydrogens (tertiary/aromatic N) is 1. The Balaban J connectivity index is 2.02. The molecule has 4 heteroatoms. The number of likely N-dealkylation sites (tertiary alicyclic amines) is 1. The van der Waals surface area contributed by atoms with E-state index in [1.54, 1.807) is 0 Å². The lowest BCUT2D eigenvalue weighted by Gasteiger charge is -2.29. The highest BCUT2D eigenvalue weighted by atomic mass is 35.5. The third-order valence-corrected chi connectivity index (χ3v) is 4.74. The van der Waals surface area contributed by atoms with E-state index >= 15 is 0 Å². The molecule has 0 spiro atoms.